The minimum absolute atomic E-state index is 0.200. The van der Waals surface area contributed by atoms with Gasteiger partial charge < -0.3 is 10.0 Å². The molecule has 1 N–H and O–H groups in total. The molecule has 162 valence electrons. The first-order valence-electron chi connectivity index (χ1n) is 11.4. The van der Waals surface area contributed by atoms with Crippen LogP contribution in [0.25, 0.3) is 0 Å². The third kappa shape index (κ3) is 4.97. The average molecular weight is 409 g/mol. The van der Waals surface area contributed by atoms with Crippen molar-refractivity contribution in [3.63, 3.8) is 0 Å². The Morgan fingerprint density at radius 3 is 2.33 bits per heavy atom. The van der Waals surface area contributed by atoms with E-state index in [1.807, 2.05) is 32.0 Å². The number of hydrogen-bond acceptors (Lipinski definition) is 2. The molecule has 0 aromatic heterocycles. The highest BCUT2D eigenvalue weighted by atomic mass is 16.4. The van der Waals surface area contributed by atoms with Gasteiger partial charge in [0.15, 0.2) is 0 Å². The lowest BCUT2D eigenvalue weighted by Gasteiger charge is -2.32. The predicted molar refractivity (Wildman–Crippen MR) is 124 cm³/mol. The maximum atomic E-state index is 12.3. The predicted octanol–water partition coefficient (Wildman–Crippen LogP) is 6.35. The van der Waals surface area contributed by atoms with Crippen LogP contribution in [0.3, 0.4) is 0 Å². The van der Waals surface area contributed by atoms with E-state index in [2.05, 4.69) is 36.9 Å². The summed E-state index contributed by atoms with van der Waals surface area (Å²) in [6.45, 7) is 10.9. The van der Waals surface area contributed by atoms with Crippen molar-refractivity contribution >= 4 is 11.8 Å². The summed E-state index contributed by atoms with van der Waals surface area (Å²) >= 11 is 0. The van der Waals surface area contributed by atoms with E-state index in [1.165, 1.54) is 23.2 Å². The molecular formula is C26H36N2O2. The summed E-state index contributed by atoms with van der Waals surface area (Å²) in [6.07, 6.45) is 4.73. The number of carbonyl (C=O) groups is 1. The van der Waals surface area contributed by atoms with Crippen molar-refractivity contribution in [3.05, 3.63) is 64.2 Å². The molecule has 1 aliphatic carbocycles. The summed E-state index contributed by atoms with van der Waals surface area (Å²) in [4.78, 5) is 16.3. The zero-order chi connectivity index (χ0) is 21.7. The SMILES string of the molecule is CCCN(CCC)c1cc2c(cc1CN(C(=O)O)C(C)c1cccc(C)c1)CCC2. The Morgan fingerprint density at radius 1 is 1.07 bits per heavy atom. The molecule has 0 heterocycles. The number of hydrogen-bond donors (Lipinski definition) is 1. The Bertz CT molecular complexity index is 871. The smallest absolute Gasteiger partial charge is 0.408 e. The fraction of sp³-hybridized carbons (Fsp3) is 0.500. The molecule has 0 fully saturated rings. The van der Waals surface area contributed by atoms with Gasteiger partial charge in [-0.3, -0.25) is 4.90 Å². The highest BCUT2D eigenvalue weighted by Gasteiger charge is 2.25. The van der Waals surface area contributed by atoms with Gasteiger partial charge in [-0.15, -0.1) is 0 Å². The molecule has 0 saturated carbocycles. The monoisotopic (exact) mass is 408 g/mol. The zero-order valence-corrected chi connectivity index (χ0v) is 18.9. The van der Waals surface area contributed by atoms with Crippen molar-refractivity contribution in [2.45, 2.75) is 72.4 Å². The Morgan fingerprint density at radius 2 is 1.73 bits per heavy atom. The van der Waals surface area contributed by atoms with Crippen molar-refractivity contribution in [2.24, 2.45) is 0 Å². The largest absolute Gasteiger partial charge is 0.465 e. The van der Waals surface area contributed by atoms with E-state index in [0.29, 0.717) is 6.54 Å². The van der Waals surface area contributed by atoms with Gasteiger partial charge in [-0.25, -0.2) is 4.79 Å². The van der Waals surface area contributed by atoms with E-state index in [0.717, 1.165) is 55.5 Å². The summed E-state index contributed by atoms with van der Waals surface area (Å²) in [5, 5.41) is 10.1. The molecule has 0 spiro atoms. The van der Waals surface area contributed by atoms with Gasteiger partial charge >= 0.3 is 6.09 Å². The van der Waals surface area contributed by atoms with Crippen LogP contribution < -0.4 is 4.90 Å². The van der Waals surface area contributed by atoms with Gasteiger partial charge in [-0.2, -0.15) is 0 Å². The fourth-order valence-electron chi connectivity index (χ4n) is 4.64. The van der Waals surface area contributed by atoms with E-state index < -0.39 is 6.09 Å². The summed E-state index contributed by atoms with van der Waals surface area (Å²) in [7, 11) is 0. The Balaban J connectivity index is 1.98. The highest BCUT2D eigenvalue weighted by molar-refractivity contribution is 5.67. The van der Waals surface area contributed by atoms with E-state index in [9.17, 15) is 9.90 Å². The molecule has 0 radical (unpaired) electrons. The van der Waals surface area contributed by atoms with Gasteiger partial charge in [0.1, 0.15) is 0 Å². The summed E-state index contributed by atoms with van der Waals surface area (Å²) in [5.74, 6) is 0. The number of rotatable bonds is 9. The lowest BCUT2D eigenvalue weighted by molar-refractivity contribution is 0.124. The Hall–Kier alpha value is -2.49. The van der Waals surface area contributed by atoms with Crippen molar-refractivity contribution < 1.29 is 9.90 Å². The standard InChI is InChI=1S/C26H36N2O2/c1-5-13-27(14-6-2)25-17-23-12-8-11-22(23)16-24(25)18-28(26(29)30)20(4)21-10-7-9-19(3)15-21/h7,9-10,15-17,20H,5-6,8,11-14,18H2,1-4H3,(H,29,30). The first-order chi connectivity index (χ1) is 14.4. The van der Waals surface area contributed by atoms with E-state index in [1.54, 1.807) is 4.90 Å². The molecule has 1 unspecified atom stereocenters. The van der Waals surface area contributed by atoms with Crippen molar-refractivity contribution in [1.82, 2.24) is 4.90 Å². The van der Waals surface area contributed by atoms with E-state index in [4.69, 9.17) is 0 Å². The number of nitrogens with zero attached hydrogens (tertiary/aromatic N) is 2. The van der Waals surface area contributed by atoms with Gasteiger partial charge in [0.2, 0.25) is 0 Å². The molecule has 0 bridgehead atoms. The van der Waals surface area contributed by atoms with Crippen LogP contribution in [0, 0.1) is 6.92 Å². The minimum Gasteiger partial charge on any atom is -0.465 e. The number of benzene rings is 2. The first kappa shape index (κ1) is 22.2. The third-order valence-electron chi connectivity index (χ3n) is 6.20. The van der Waals surface area contributed by atoms with Crippen LogP contribution in [0.2, 0.25) is 0 Å². The normalized spacial score (nSPS) is 13.7. The molecule has 2 aromatic carbocycles. The summed E-state index contributed by atoms with van der Waals surface area (Å²) < 4.78 is 0. The molecule has 0 aliphatic heterocycles. The second-order valence-corrected chi connectivity index (χ2v) is 8.59. The minimum atomic E-state index is -0.868. The molecule has 1 amide bonds. The van der Waals surface area contributed by atoms with E-state index in [-0.39, 0.29) is 6.04 Å². The van der Waals surface area contributed by atoms with Gasteiger partial charge in [0.05, 0.1) is 12.6 Å². The van der Waals surface area contributed by atoms with Crippen LogP contribution in [0.4, 0.5) is 10.5 Å². The number of amides is 1. The van der Waals surface area contributed by atoms with Crippen LogP contribution in [0.1, 0.15) is 73.9 Å². The fourth-order valence-corrected chi connectivity index (χ4v) is 4.64. The van der Waals surface area contributed by atoms with Crippen molar-refractivity contribution in [1.29, 1.82) is 0 Å². The molecular weight excluding hydrogens is 372 g/mol. The lowest BCUT2D eigenvalue weighted by Crippen LogP contribution is -2.33. The number of carboxylic acid groups (broad SMARTS) is 1. The van der Waals surface area contributed by atoms with E-state index >= 15 is 0 Å². The molecule has 4 nitrogen and oxygen atoms in total. The quantitative estimate of drug-likeness (QED) is 0.526. The average Bonchev–Trinajstić information content (AvgIpc) is 3.18. The Kier molecular flexibility index (Phi) is 7.41. The van der Waals surface area contributed by atoms with Crippen LogP contribution in [0.5, 0.6) is 0 Å². The first-order valence-corrected chi connectivity index (χ1v) is 11.4. The number of anilines is 1. The highest BCUT2D eigenvalue weighted by Crippen LogP contribution is 2.33. The second-order valence-electron chi connectivity index (χ2n) is 8.59. The van der Waals surface area contributed by atoms with Gasteiger partial charge in [-0.1, -0.05) is 49.7 Å². The number of aryl methyl sites for hydroxylation is 3. The molecule has 2 aromatic rings. The topological polar surface area (TPSA) is 43.8 Å². The summed E-state index contributed by atoms with van der Waals surface area (Å²) in [5.41, 5.74) is 7.40. The zero-order valence-electron chi connectivity index (χ0n) is 18.9. The van der Waals surface area contributed by atoms with Crippen molar-refractivity contribution in [2.75, 3.05) is 18.0 Å². The lowest BCUT2D eigenvalue weighted by atomic mass is 10.0. The second kappa shape index (κ2) is 10.0. The molecule has 0 saturated heterocycles. The van der Waals surface area contributed by atoms with Crippen LogP contribution in [-0.2, 0) is 19.4 Å². The van der Waals surface area contributed by atoms with Crippen LogP contribution in [0.15, 0.2) is 36.4 Å². The molecule has 4 heteroatoms. The molecule has 30 heavy (non-hydrogen) atoms. The molecule has 1 aliphatic rings. The van der Waals surface area contributed by atoms with Gasteiger partial charge in [0.25, 0.3) is 0 Å². The third-order valence-corrected chi connectivity index (χ3v) is 6.20. The van der Waals surface area contributed by atoms with Gasteiger partial charge in [-0.05, 0) is 74.3 Å². The molecule has 1 atom stereocenters. The maximum absolute atomic E-state index is 12.3. The van der Waals surface area contributed by atoms with Crippen LogP contribution in [-0.4, -0.2) is 29.2 Å². The maximum Gasteiger partial charge on any atom is 0.408 e. The number of fused-ring (bicyclic) bond motifs is 1. The van der Waals surface area contributed by atoms with Gasteiger partial charge in [0, 0.05) is 18.8 Å². The Labute approximate surface area is 181 Å². The summed E-state index contributed by atoms with van der Waals surface area (Å²) in [6, 6.07) is 12.6. The van der Waals surface area contributed by atoms with Crippen molar-refractivity contribution in [3.8, 4) is 0 Å². The molecule has 3 rings (SSSR count). The van der Waals surface area contributed by atoms with Crippen LogP contribution >= 0.6 is 0 Å².